The van der Waals surface area contributed by atoms with Gasteiger partial charge in [-0.2, -0.15) is 5.10 Å². The number of carbonyl (C=O) groups is 2. The summed E-state index contributed by atoms with van der Waals surface area (Å²) < 4.78 is 2.03. The molecule has 0 saturated carbocycles. The van der Waals surface area contributed by atoms with Crippen LogP contribution < -0.4 is 10.7 Å². The number of carbonyl (C=O) groups excluding carboxylic acids is 2. The number of amides is 2. The molecule has 2 aromatic rings. The number of hydrogen-bond acceptors (Lipinski definition) is 3. The quantitative estimate of drug-likeness (QED) is 0.463. The molecule has 0 fully saturated rings. The van der Waals surface area contributed by atoms with Gasteiger partial charge in [0.25, 0.3) is 0 Å². The number of rotatable bonds is 6. The smallest absolute Gasteiger partial charge is 0.249 e. The van der Waals surface area contributed by atoms with E-state index in [4.69, 9.17) is 11.6 Å². The largest absolute Gasteiger partial charge is 0.353 e. The lowest BCUT2D eigenvalue weighted by atomic mass is 10.2. The van der Waals surface area contributed by atoms with Crippen molar-refractivity contribution in [1.29, 1.82) is 0 Å². The van der Waals surface area contributed by atoms with Crippen LogP contribution in [0.3, 0.4) is 0 Å². The first-order valence-electron chi connectivity index (χ1n) is 8.34. The number of hydrogen-bond donors (Lipinski definition) is 2. The van der Waals surface area contributed by atoms with Crippen molar-refractivity contribution in [3.8, 4) is 5.69 Å². The topological polar surface area (TPSA) is 75.5 Å². The van der Waals surface area contributed by atoms with Gasteiger partial charge in [-0.15, -0.1) is 0 Å². The van der Waals surface area contributed by atoms with E-state index < -0.39 is 5.91 Å². The fourth-order valence-electron chi connectivity index (χ4n) is 2.65. The van der Waals surface area contributed by atoms with Crippen LogP contribution in [0.2, 0.25) is 5.02 Å². The van der Waals surface area contributed by atoms with E-state index in [-0.39, 0.29) is 18.4 Å². The van der Waals surface area contributed by atoms with Crippen molar-refractivity contribution in [3.05, 3.63) is 52.3 Å². The van der Waals surface area contributed by atoms with E-state index in [9.17, 15) is 9.59 Å². The monoisotopic (exact) mass is 374 g/mol. The van der Waals surface area contributed by atoms with E-state index >= 15 is 0 Å². The lowest BCUT2D eigenvalue weighted by molar-refractivity contribution is -0.129. The van der Waals surface area contributed by atoms with Crippen molar-refractivity contribution in [2.45, 2.75) is 40.2 Å². The third-order valence-electron chi connectivity index (χ3n) is 3.73. The van der Waals surface area contributed by atoms with E-state index in [2.05, 4.69) is 15.8 Å². The molecular weight excluding hydrogens is 352 g/mol. The molecule has 0 aliphatic heterocycles. The van der Waals surface area contributed by atoms with Crippen LogP contribution in [0.5, 0.6) is 0 Å². The fourth-order valence-corrected chi connectivity index (χ4v) is 2.87. The van der Waals surface area contributed by atoms with E-state index in [1.165, 1.54) is 0 Å². The SMILES string of the molecule is Cc1cc(/C=N/NC(=O)CC(=O)NC(C)C)c(C)n1-c1ccccc1Cl. The molecule has 2 N–H and O–H groups in total. The molecule has 7 heteroatoms. The normalized spacial score (nSPS) is 11.2. The molecule has 1 heterocycles. The van der Waals surface area contributed by atoms with Crippen LogP contribution in [0.4, 0.5) is 0 Å². The van der Waals surface area contributed by atoms with E-state index in [0.29, 0.717) is 5.02 Å². The first-order valence-corrected chi connectivity index (χ1v) is 8.72. The van der Waals surface area contributed by atoms with Gasteiger partial charge in [-0.3, -0.25) is 9.59 Å². The number of hydrazone groups is 1. The van der Waals surface area contributed by atoms with Gasteiger partial charge in [-0.25, -0.2) is 5.43 Å². The second-order valence-corrected chi connectivity index (χ2v) is 6.71. The van der Waals surface area contributed by atoms with Crippen LogP contribution in [0.15, 0.2) is 35.4 Å². The summed E-state index contributed by atoms with van der Waals surface area (Å²) >= 11 is 6.29. The Morgan fingerprint density at radius 1 is 1.23 bits per heavy atom. The number of halogens is 1. The zero-order valence-electron chi connectivity index (χ0n) is 15.3. The maximum Gasteiger partial charge on any atom is 0.249 e. The van der Waals surface area contributed by atoms with Gasteiger partial charge in [-0.05, 0) is 45.9 Å². The highest BCUT2D eigenvalue weighted by Gasteiger charge is 2.12. The van der Waals surface area contributed by atoms with Gasteiger partial charge in [0, 0.05) is 23.0 Å². The van der Waals surface area contributed by atoms with Crippen molar-refractivity contribution < 1.29 is 9.59 Å². The first kappa shape index (κ1) is 19.7. The molecule has 2 amide bonds. The molecule has 26 heavy (non-hydrogen) atoms. The van der Waals surface area contributed by atoms with Crippen LogP contribution in [0, 0.1) is 13.8 Å². The fraction of sp³-hybridized carbons (Fsp3) is 0.316. The van der Waals surface area contributed by atoms with E-state index in [0.717, 1.165) is 22.6 Å². The highest BCUT2D eigenvalue weighted by Crippen LogP contribution is 2.25. The second kappa shape index (κ2) is 8.67. The molecule has 0 aliphatic rings. The summed E-state index contributed by atoms with van der Waals surface area (Å²) in [7, 11) is 0. The highest BCUT2D eigenvalue weighted by atomic mass is 35.5. The third kappa shape index (κ3) is 4.95. The molecule has 2 rings (SSSR count). The second-order valence-electron chi connectivity index (χ2n) is 6.31. The number of aryl methyl sites for hydroxylation is 1. The number of aromatic nitrogens is 1. The molecule has 138 valence electrons. The van der Waals surface area contributed by atoms with E-state index in [1.54, 1.807) is 6.21 Å². The van der Waals surface area contributed by atoms with Gasteiger partial charge in [0.1, 0.15) is 6.42 Å². The van der Waals surface area contributed by atoms with Gasteiger partial charge in [0.2, 0.25) is 11.8 Å². The summed E-state index contributed by atoms with van der Waals surface area (Å²) in [4.78, 5) is 23.3. The summed E-state index contributed by atoms with van der Waals surface area (Å²) in [6, 6.07) is 9.54. The molecule has 1 aromatic heterocycles. The minimum absolute atomic E-state index is 0.00555. The van der Waals surface area contributed by atoms with Gasteiger partial charge < -0.3 is 9.88 Å². The van der Waals surface area contributed by atoms with Crippen molar-refractivity contribution >= 4 is 29.6 Å². The Morgan fingerprint density at radius 3 is 2.58 bits per heavy atom. The standard InChI is InChI=1S/C19H23ClN4O2/c1-12(2)22-18(25)10-19(26)23-21-11-15-9-13(3)24(14(15)4)17-8-6-5-7-16(17)20/h5-9,11-12H,10H2,1-4H3,(H,22,25)(H,23,26)/b21-11+. The molecule has 6 nitrogen and oxygen atoms in total. The lowest BCUT2D eigenvalue weighted by Gasteiger charge is -2.11. The summed E-state index contributed by atoms with van der Waals surface area (Å²) in [6.07, 6.45) is 1.31. The van der Waals surface area contributed by atoms with Gasteiger partial charge in [0.05, 0.1) is 16.9 Å². The number of para-hydroxylation sites is 1. The number of nitrogens with one attached hydrogen (secondary N) is 2. The average Bonchev–Trinajstić information content (AvgIpc) is 2.81. The Hall–Kier alpha value is -2.60. The summed E-state index contributed by atoms with van der Waals surface area (Å²) in [5.41, 5.74) is 6.07. The van der Waals surface area contributed by atoms with Crippen LogP contribution in [0.1, 0.15) is 37.2 Å². The number of nitrogens with zero attached hydrogens (tertiary/aromatic N) is 2. The molecule has 0 aliphatic carbocycles. The van der Waals surface area contributed by atoms with Crippen LogP contribution in [-0.4, -0.2) is 28.6 Å². The summed E-state index contributed by atoms with van der Waals surface area (Å²) in [5, 5.41) is 7.27. The maximum atomic E-state index is 11.7. The van der Waals surface area contributed by atoms with Crippen molar-refractivity contribution in [2.75, 3.05) is 0 Å². The zero-order valence-corrected chi connectivity index (χ0v) is 16.1. The molecular formula is C19H23ClN4O2. The van der Waals surface area contributed by atoms with Crippen molar-refractivity contribution in [1.82, 2.24) is 15.3 Å². The van der Waals surface area contributed by atoms with Gasteiger partial charge >= 0.3 is 0 Å². The molecule has 0 saturated heterocycles. The van der Waals surface area contributed by atoms with Crippen LogP contribution in [0.25, 0.3) is 5.69 Å². The highest BCUT2D eigenvalue weighted by molar-refractivity contribution is 6.32. The Morgan fingerprint density at radius 2 is 1.92 bits per heavy atom. The predicted molar refractivity (Wildman–Crippen MR) is 104 cm³/mol. The Kier molecular flexibility index (Phi) is 6.58. The predicted octanol–water partition coefficient (Wildman–Crippen LogP) is 3.11. The van der Waals surface area contributed by atoms with Crippen molar-refractivity contribution in [3.63, 3.8) is 0 Å². The molecule has 1 aromatic carbocycles. The minimum Gasteiger partial charge on any atom is -0.353 e. The third-order valence-corrected chi connectivity index (χ3v) is 4.05. The zero-order chi connectivity index (χ0) is 19.3. The average molecular weight is 375 g/mol. The minimum atomic E-state index is -0.459. The lowest BCUT2D eigenvalue weighted by Crippen LogP contribution is -2.34. The Labute approximate surface area is 158 Å². The van der Waals surface area contributed by atoms with Crippen molar-refractivity contribution in [2.24, 2.45) is 5.10 Å². The van der Waals surface area contributed by atoms with Crippen LogP contribution >= 0.6 is 11.6 Å². The van der Waals surface area contributed by atoms with E-state index in [1.807, 2.05) is 62.6 Å². The summed E-state index contributed by atoms with van der Waals surface area (Å²) in [6.45, 7) is 7.60. The van der Waals surface area contributed by atoms with Gasteiger partial charge in [0.15, 0.2) is 0 Å². The Bertz CT molecular complexity index is 840. The molecule has 0 atom stereocenters. The van der Waals surface area contributed by atoms with Gasteiger partial charge in [-0.1, -0.05) is 23.7 Å². The molecule has 0 radical (unpaired) electrons. The molecule has 0 spiro atoms. The number of benzene rings is 1. The molecule has 0 bridgehead atoms. The van der Waals surface area contributed by atoms with Crippen LogP contribution in [-0.2, 0) is 9.59 Å². The first-order chi connectivity index (χ1) is 12.3. The Balaban J connectivity index is 2.08. The summed E-state index contributed by atoms with van der Waals surface area (Å²) in [5.74, 6) is -0.788. The maximum absolute atomic E-state index is 11.7. The molecule has 0 unspecified atom stereocenters.